The lowest BCUT2D eigenvalue weighted by Gasteiger charge is -2.10. The van der Waals surface area contributed by atoms with Crippen LogP contribution < -0.4 is 11.1 Å². The third-order valence-electron chi connectivity index (χ3n) is 2.01. The number of carbonyl (C=O) groups excluding carboxylic acids is 1. The summed E-state index contributed by atoms with van der Waals surface area (Å²) >= 11 is 0. The van der Waals surface area contributed by atoms with Crippen molar-refractivity contribution < 1.29 is 18.0 Å². The number of halogens is 3. The molecule has 0 aromatic heterocycles. The summed E-state index contributed by atoms with van der Waals surface area (Å²) in [7, 11) is 0. The summed E-state index contributed by atoms with van der Waals surface area (Å²) < 4.78 is 36.5. The Hall–Kier alpha value is -1.56. The zero-order valence-corrected chi connectivity index (χ0v) is 9.21. The zero-order valence-electron chi connectivity index (χ0n) is 9.21. The molecule has 94 valence electrons. The van der Waals surface area contributed by atoms with Crippen molar-refractivity contribution in [3.63, 3.8) is 0 Å². The van der Waals surface area contributed by atoms with Gasteiger partial charge in [0, 0.05) is 5.69 Å². The minimum absolute atomic E-state index is 0.0972. The molecule has 0 aliphatic heterocycles. The molecule has 1 atom stereocenters. The number of anilines is 1. The number of benzene rings is 1. The number of hydrogen-bond acceptors (Lipinski definition) is 2. The van der Waals surface area contributed by atoms with Crippen LogP contribution in [0.4, 0.5) is 18.9 Å². The fourth-order valence-corrected chi connectivity index (χ4v) is 1.25. The largest absolute Gasteiger partial charge is 0.393 e. The molecule has 0 spiro atoms. The SMILES string of the molecule is C[C@@H](N)C(=O)Nc1cccc(CC(F)(F)F)c1. The molecule has 0 radical (unpaired) electrons. The predicted octanol–water partition coefficient (Wildman–Crippen LogP) is 2.08. The summed E-state index contributed by atoms with van der Waals surface area (Å²) in [6.45, 7) is 1.49. The fourth-order valence-electron chi connectivity index (χ4n) is 1.25. The van der Waals surface area contributed by atoms with Crippen LogP contribution in [0.2, 0.25) is 0 Å². The van der Waals surface area contributed by atoms with Crippen molar-refractivity contribution in [3.05, 3.63) is 29.8 Å². The van der Waals surface area contributed by atoms with Crippen molar-refractivity contribution in [3.8, 4) is 0 Å². The van der Waals surface area contributed by atoms with Crippen molar-refractivity contribution in [2.45, 2.75) is 25.6 Å². The molecule has 0 unspecified atom stereocenters. The van der Waals surface area contributed by atoms with Crippen LogP contribution in [0.3, 0.4) is 0 Å². The van der Waals surface area contributed by atoms with Crippen molar-refractivity contribution in [1.29, 1.82) is 0 Å². The lowest BCUT2D eigenvalue weighted by atomic mass is 10.1. The monoisotopic (exact) mass is 246 g/mol. The third-order valence-corrected chi connectivity index (χ3v) is 2.01. The Labute approximate surface area is 96.8 Å². The standard InChI is InChI=1S/C11H13F3N2O/c1-7(15)10(17)16-9-4-2-3-8(5-9)6-11(12,13)14/h2-5,7H,6,15H2,1H3,(H,16,17)/t7-/m1/s1. The Morgan fingerprint density at radius 1 is 1.47 bits per heavy atom. The number of amides is 1. The molecule has 0 aliphatic rings. The number of carbonyl (C=O) groups is 1. The van der Waals surface area contributed by atoms with Crippen LogP contribution in [-0.2, 0) is 11.2 Å². The van der Waals surface area contributed by atoms with E-state index in [-0.39, 0.29) is 5.56 Å². The molecular weight excluding hydrogens is 233 g/mol. The average molecular weight is 246 g/mol. The summed E-state index contributed by atoms with van der Waals surface area (Å²) in [6.07, 6.45) is -5.28. The van der Waals surface area contributed by atoms with Gasteiger partial charge in [0.1, 0.15) is 0 Å². The fraction of sp³-hybridized carbons (Fsp3) is 0.364. The van der Waals surface area contributed by atoms with Gasteiger partial charge in [-0.25, -0.2) is 0 Å². The van der Waals surface area contributed by atoms with Crippen LogP contribution in [0.15, 0.2) is 24.3 Å². The van der Waals surface area contributed by atoms with E-state index >= 15 is 0 Å². The van der Waals surface area contributed by atoms with Crippen LogP contribution in [0.25, 0.3) is 0 Å². The van der Waals surface area contributed by atoms with E-state index in [1.165, 1.54) is 31.2 Å². The topological polar surface area (TPSA) is 55.1 Å². The van der Waals surface area contributed by atoms with Gasteiger partial charge in [-0.05, 0) is 24.6 Å². The molecule has 1 aromatic carbocycles. The van der Waals surface area contributed by atoms with E-state index in [1.807, 2.05) is 0 Å². The first-order chi connectivity index (χ1) is 7.78. The Bertz CT molecular complexity index is 402. The molecule has 3 N–H and O–H groups in total. The minimum atomic E-state index is -4.26. The maximum Gasteiger partial charge on any atom is 0.393 e. The van der Waals surface area contributed by atoms with E-state index in [1.54, 1.807) is 0 Å². The molecule has 0 bridgehead atoms. The van der Waals surface area contributed by atoms with Crippen LogP contribution in [0.1, 0.15) is 12.5 Å². The number of nitrogens with one attached hydrogen (secondary N) is 1. The lowest BCUT2D eigenvalue weighted by Crippen LogP contribution is -2.32. The highest BCUT2D eigenvalue weighted by Gasteiger charge is 2.27. The second-order valence-electron chi connectivity index (χ2n) is 3.77. The van der Waals surface area contributed by atoms with E-state index in [0.29, 0.717) is 5.69 Å². The summed E-state index contributed by atoms with van der Waals surface area (Å²) in [5, 5.41) is 2.44. The molecule has 0 saturated carbocycles. The highest BCUT2D eigenvalue weighted by Crippen LogP contribution is 2.22. The summed E-state index contributed by atoms with van der Waals surface area (Å²) in [4.78, 5) is 11.3. The highest BCUT2D eigenvalue weighted by atomic mass is 19.4. The second-order valence-corrected chi connectivity index (χ2v) is 3.77. The second kappa shape index (κ2) is 5.18. The first-order valence-electron chi connectivity index (χ1n) is 5.00. The Balaban J connectivity index is 2.76. The molecule has 0 aliphatic carbocycles. The first-order valence-corrected chi connectivity index (χ1v) is 5.00. The summed E-state index contributed by atoms with van der Waals surface area (Å²) in [5.41, 5.74) is 5.74. The van der Waals surface area contributed by atoms with Gasteiger partial charge in [0.25, 0.3) is 0 Å². The summed E-state index contributed by atoms with van der Waals surface area (Å²) in [5.74, 6) is -0.436. The van der Waals surface area contributed by atoms with Crippen molar-refractivity contribution >= 4 is 11.6 Å². The van der Waals surface area contributed by atoms with Gasteiger partial charge in [0.2, 0.25) is 5.91 Å². The van der Waals surface area contributed by atoms with Gasteiger partial charge in [-0.2, -0.15) is 13.2 Å². The van der Waals surface area contributed by atoms with Gasteiger partial charge in [0.05, 0.1) is 12.5 Å². The molecule has 0 saturated heterocycles. The Morgan fingerprint density at radius 2 is 2.12 bits per heavy atom. The van der Waals surface area contributed by atoms with Crippen molar-refractivity contribution in [1.82, 2.24) is 0 Å². The molecule has 1 rings (SSSR count). The quantitative estimate of drug-likeness (QED) is 0.857. The minimum Gasteiger partial charge on any atom is -0.325 e. The normalized spacial score (nSPS) is 13.2. The third kappa shape index (κ3) is 4.86. The van der Waals surface area contributed by atoms with E-state index in [2.05, 4.69) is 5.32 Å². The van der Waals surface area contributed by atoms with E-state index in [0.717, 1.165) is 0 Å². The van der Waals surface area contributed by atoms with E-state index in [9.17, 15) is 18.0 Å². The zero-order chi connectivity index (χ0) is 13.1. The van der Waals surface area contributed by atoms with Crippen LogP contribution in [0.5, 0.6) is 0 Å². The summed E-state index contributed by atoms with van der Waals surface area (Å²) in [6, 6.07) is 4.90. The predicted molar refractivity (Wildman–Crippen MR) is 58.5 cm³/mol. The van der Waals surface area contributed by atoms with Gasteiger partial charge < -0.3 is 11.1 Å². The van der Waals surface area contributed by atoms with E-state index < -0.39 is 24.5 Å². The van der Waals surface area contributed by atoms with Crippen molar-refractivity contribution in [2.75, 3.05) is 5.32 Å². The lowest BCUT2D eigenvalue weighted by molar-refractivity contribution is -0.127. The van der Waals surface area contributed by atoms with E-state index in [4.69, 9.17) is 5.73 Å². The highest BCUT2D eigenvalue weighted by molar-refractivity contribution is 5.94. The van der Waals surface area contributed by atoms with Gasteiger partial charge in [-0.1, -0.05) is 12.1 Å². The molecule has 1 amide bonds. The average Bonchev–Trinajstić information content (AvgIpc) is 2.15. The molecule has 0 fully saturated rings. The van der Waals surface area contributed by atoms with Crippen LogP contribution in [-0.4, -0.2) is 18.1 Å². The molecule has 17 heavy (non-hydrogen) atoms. The number of hydrogen-bond donors (Lipinski definition) is 2. The van der Waals surface area contributed by atoms with Crippen LogP contribution in [0, 0.1) is 0 Å². The number of rotatable bonds is 3. The van der Waals surface area contributed by atoms with Crippen LogP contribution >= 0.6 is 0 Å². The molecule has 6 heteroatoms. The first kappa shape index (κ1) is 13.5. The van der Waals surface area contributed by atoms with Gasteiger partial charge in [0.15, 0.2) is 0 Å². The van der Waals surface area contributed by atoms with Crippen molar-refractivity contribution in [2.24, 2.45) is 5.73 Å². The van der Waals surface area contributed by atoms with Gasteiger partial charge in [-0.3, -0.25) is 4.79 Å². The number of alkyl halides is 3. The molecule has 1 aromatic rings. The van der Waals surface area contributed by atoms with Gasteiger partial charge in [-0.15, -0.1) is 0 Å². The smallest absolute Gasteiger partial charge is 0.325 e. The van der Waals surface area contributed by atoms with Gasteiger partial charge >= 0.3 is 6.18 Å². The Morgan fingerprint density at radius 3 is 2.65 bits per heavy atom. The number of nitrogens with two attached hydrogens (primary N) is 1. The maximum atomic E-state index is 12.2. The molecule has 3 nitrogen and oxygen atoms in total. The molecule has 0 heterocycles. The maximum absolute atomic E-state index is 12.2. The Kier molecular flexibility index (Phi) is 4.11. The molecular formula is C11H13F3N2O.